The zero-order chi connectivity index (χ0) is 22.5. The molecule has 8 nitrogen and oxygen atoms in total. The van der Waals surface area contributed by atoms with E-state index in [2.05, 4.69) is 15.3 Å². The summed E-state index contributed by atoms with van der Waals surface area (Å²) in [6.45, 7) is 0. The smallest absolute Gasteiger partial charge is 0.296 e. The molecule has 4 rings (SSSR count). The number of hydrogen-bond acceptors (Lipinski definition) is 5. The van der Waals surface area contributed by atoms with Crippen molar-refractivity contribution in [3.8, 4) is 17.1 Å². The molecule has 0 unspecified atom stereocenters. The lowest BCUT2D eigenvalue weighted by molar-refractivity contribution is -0.384. The minimum Gasteiger partial charge on any atom is -0.496 e. The molecule has 2 heterocycles. The number of methoxy groups -OCH3 is 1. The first-order valence-electron chi connectivity index (χ1n) is 10.2. The average molecular weight is 430 g/mol. The van der Waals surface area contributed by atoms with Gasteiger partial charge in [-0.1, -0.05) is 24.3 Å². The lowest BCUT2D eigenvalue weighted by Gasteiger charge is -2.08. The summed E-state index contributed by atoms with van der Waals surface area (Å²) >= 11 is 0. The van der Waals surface area contributed by atoms with Crippen LogP contribution >= 0.6 is 0 Å². The van der Waals surface area contributed by atoms with Crippen LogP contribution < -0.4 is 10.1 Å². The van der Waals surface area contributed by atoms with Gasteiger partial charge in [-0.25, -0.2) is 0 Å². The fraction of sp³-hybridized carbons (Fsp3) is 0.167. The van der Waals surface area contributed by atoms with E-state index >= 15 is 0 Å². The van der Waals surface area contributed by atoms with Crippen molar-refractivity contribution < 1.29 is 14.5 Å². The van der Waals surface area contributed by atoms with Crippen molar-refractivity contribution in [2.24, 2.45) is 0 Å². The molecule has 2 aromatic carbocycles. The summed E-state index contributed by atoms with van der Waals surface area (Å²) in [5.41, 5.74) is 3.85. The SMILES string of the molecule is COc1ccc(NC(=O)CCCc2c(-c3ccccn3)[nH]c3ccccc23)c([N+](=O)[O-])c1. The number of carbonyl (C=O) groups excluding carboxylic acids is 1. The lowest BCUT2D eigenvalue weighted by Crippen LogP contribution is -2.13. The molecule has 0 aliphatic rings. The highest BCUT2D eigenvalue weighted by Crippen LogP contribution is 2.31. The van der Waals surface area contributed by atoms with Crippen molar-refractivity contribution in [1.29, 1.82) is 0 Å². The van der Waals surface area contributed by atoms with Gasteiger partial charge in [-0.2, -0.15) is 0 Å². The second-order valence-electron chi connectivity index (χ2n) is 7.28. The molecule has 0 bridgehead atoms. The third-order valence-corrected chi connectivity index (χ3v) is 5.24. The average Bonchev–Trinajstić information content (AvgIpc) is 3.18. The van der Waals surface area contributed by atoms with Gasteiger partial charge >= 0.3 is 0 Å². The predicted octanol–water partition coefficient (Wildman–Crippen LogP) is 5.11. The summed E-state index contributed by atoms with van der Waals surface area (Å²) < 4.78 is 5.03. The molecule has 0 atom stereocenters. The summed E-state index contributed by atoms with van der Waals surface area (Å²) in [5, 5.41) is 15.1. The van der Waals surface area contributed by atoms with Crippen LogP contribution in [0.2, 0.25) is 0 Å². The standard InChI is InChI=1S/C24H22N4O4/c1-32-16-12-13-20(22(15-16)28(30)31)26-23(29)11-6-8-18-17-7-2-3-9-19(17)27-24(18)21-10-4-5-14-25-21/h2-5,7,9-10,12-15,27H,6,8,11H2,1H3,(H,26,29). The first-order valence-corrected chi connectivity index (χ1v) is 10.2. The Bertz CT molecular complexity index is 1270. The number of ether oxygens (including phenoxy) is 1. The van der Waals surface area contributed by atoms with Gasteiger partial charge in [0.05, 0.1) is 29.5 Å². The van der Waals surface area contributed by atoms with E-state index in [0.29, 0.717) is 18.6 Å². The molecule has 2 N–H and O–H groups in total. The molecule has 0 radical (unpaired) electrons. The fourth-order valence-corrected chi connectivity index (χ4v) is 3.72. The summed E-state index contributed by atoms with van der Waals surface area (Å²) in [6.07, 6.45) is 3.22. The monoisotopic (exact) mass is 430 g/mol. The highest BCUT2D eigenvalue weighted by molar-refractivity contribution is 5.93. The van der Waals surface area contributed by atoms with Crippen molar-refractivity contribution in [2.75, 3.05) is 12.4 Å². The number of pyridine rings is 1. The van der Waals surface area contributed by atoms with E-state index in [1.54, 1.807) is 12.3 Å². The minimum absolute atomic E-state index is 0.155. The van der Waals surface area contributed by atoms with Crippen LogP contribution in [0.4, 0.5) is 11.4 Å². The number of aromatic amines is 1. The van der Waals surface area contributed by atoms with E-state index in [-0.39, 0.29) is 23.7 Å². The zero-order valence-electron chi connectivity index (χ0n) is 17.5. The normalized spacial score (nSPS) is 10.8. The minimum atomic E-state index is -0.538. The molecule has 0 saturated heterocycles. The summed E-state index contributed by atoms with van der Waals surface area (Å²) in [7, 11) is 1.43. The molecule has 8 heteroatoms. The van der Waals surface area contributed by atoms with Crippen LogP contribution in [-0.4, -0.2) is 27.9 Å². The number of benzene rings is 2. The maximum absolute atomic E-state index is 12.5. The number of rotatable bonds is 8. The first kappa shape index (κ1) is 21.0. The number of anilines is 1. The Morgan fingerprint density at radius 2 is 1.97 bits per heavy atom. The van der Waals surface area contributed by atoms with E-state index in [0.717, 1.165) is 27.9 Å². The topological polar surface area (TPSA) is 110 Å². The van der Waals surface area contributed by atoms with Crippen LogP contribution in [0, 0.1) is 10.1 Å². The number of aromatic nitrogens is 2. The number of para-hydroxylation sites is 1. The predicted molar refractivity (Wildman–Crippen MR) is 123 cm³/mol. The molecule has 2 aromatic heterocycles. The van der Waals surface area contributed by atoms with Crippen LogP contribution in [0.1, 0.15) is 18.4 Å². The van der Waals surface area contributed by atoms with Crippen LogP contribution in [-0.2, 0) is 11.2 Å². The zero-order valence-corrected chi connectivity index (χ0v) is 17.5. The van der Waals surface area contributed by atoms with Crippen molar-refractivity contribution in [2.45, 2.75) is 19.3 Å². The van der Waals surface area contributed by atoms with Gasteiger partial charge < -0.3 is 15.0 Å². The van der Waals surface area contributed by atoms with Crippen LogP contribution in [0.15, 0.2) is 66.9 Å². The Labute approximate surface area is 184 Å². The molecule has 4 aromatic rings. The Morgan fingerprint density at radius 3 is 2.72 bits per heavy atom. The summed E-state index contributed by atoms with van der Waals surface area (Å²) in [5.74, 6) is 0.0774. The van der Waals surface area contributed by atoms with Crippen molar-refractivity contribution in [3.63, 3.8) is 0 Å². The summed E-state index contributed by atoms with van der Waals surface area (Å²) in [6, 6.07) is 18.1. The van der Waals surface area contributed by atoms with Gasteiger partial charge in [-0.3, -0.25) is 19.9 Å². The fourth-order valence-electron chi connectivity index (χ4n) is 3.72. The highest BCUT2D eigenvalue weighted by atomic mass is 16.6. The first-order chi connectivity index (χ1) is 15.6. The molecule has 0 fully saturated rings. The van der Waals surface area contributed by atoms with E-state index < -0.39 is 4.92 Å². The molecule has 0 saturated carbocycles. The number of carbonyl (C=O) groups is 1. The van der Waals surface area contributed by atoms with Crippen LogP contribution in [0.5, 0.6) is 5.75 Å². The largest absolute Gasteiger partial charge is 0.496 e. The number of aryl methyl sites for hydroxylation is 1. The van der Waals surface area contributed by atoms with Gasteiger partial charge in [0.1, 0.15) is 11.4 Å². The number of hydrogen-bond donors (Lipinski definition) is 2. The van der Waals surface area contributed by atoms with Gasteiger partial charge in [0.15, 0.2) is 0 Å². The molecule has 0 spiro atoms. The quantitative estimate of drug-likeness (QED) is 0.298. The maximum atomic E-state index is 12.5. The van der Waals surface area contributed by atoms with Gasteiger partial charge in [0.2, 0.25) is 5.91 Å². The Hall–Kier alpha value is -4.20. The molecule has 1 amide bonds. The number of nitrogens with zero attached hydrogens (tertiary/aromatic N) is 2. The molecule has 32 heavy (non-hydrogen) atoms. The van der Waals surface area contributed by atoms with E-state index in [4.69, 9.17) is 4.74 Å². The molecule has 0 aliphatic carbocycles. The lowest BCUT2D eigenvalue weighted by atomic mass is 10.0. The van der Waals surface area contributed by atoms with Crippen LogP contribution in [0.3, 0.4) is 0 Å². The Morgan fingerprint density at radius 1 is 1.16 bits per heavy atom. The van der Waals surface area contributed by atoms with Gasteiger partial charge in [-0.05, 0) is 48.7 Å². The number of nitro benzene ring substituents is 1. The maximum Gasteiger partial charge on any atom is 0.296 e. The highest BCUT2D eigenvalue weighted by Gasteiger charge is 2.18. The van der Waals surface area contributed by atoms with E-state index in [9.17, 15) is 14.9 Å². The van der Waals surface area contributed by atoms with E-state index in [1.165, 1.54) is 19.2 Å². The third kappa shape index (κ3) is 4.44. The van der Waals surface area contributed by atoms with Crippen LogP contribution in [0.25, 0.3) is 22.3 Å². The molecule has 0 aliphatic heterocycles. The Kier molecular flexibility index (Phi) is 6.12. The third-order valence-electron chi connectivity index (χ3n) is 5.24. The van der Waals surface area contributed by atoms with Gasteiger partial charge in [0.25, 0.3) is 5.69 Å². The molecular formula is C24H22N4O4. The van der Waals surface area contributed by atoms with Gasteiger partial charge in [0, 0.05) is 23.5 Å². The van der Waals surface area contributed by atoms with Crippen molar-refractivity contribution in [1.82, 2.24) is 9.97 Å². The number of H-pyrrole nitrogens is 1. The number of nitro groups is 1. The van der Waals surface area contributed by atoms with Crippen molar-refractivity contribution in [3.05, 3.63) is 82.5 Å². The molecule has 162 valence electrons. The van der Waals surface area contributed by atoms with Crippen molar-refractivity contribution >= 4 is 28.2 Å². The number of fused-ring (bicyclic) bond motifs is 1. The summed E-state index contributed by atoms with van der Waals surface area (Å²) in [4.78, 5) is 31.2. The van der Waals surface area contributed by atoms with Gasteiger partial charge in [-0.15, -0.1) is 0 Å². The number of nitrogens with one attached hydrogen (secondary N) is 2. The van der Waals surface area contributed by atoms with E-state index in [1.807, 2.05) is 42.5 Å². The second kappa shape index (κ2) is 9.30. The Balaban J connectivity index is 1.48. The number of amides is 1. The second-order valence-corrected chi connectivity index (χ2v) is 7.28. The molecular weight excluding hydrogens is 408 g/mol.